The van der Waals surface area contributed by atoms with E-state index in [0.717, 1.165) is 57.0 Å². The maximum absolute atomic E-state index is 5.82. The second-order valence-corrected chi connectivity index (χ2v) is 5.50. The Morgan fingerprint density at radius 3 is 2.89 bits per heavy atom. The molecule has 0 amide bonds. The molecule has 2 aliphatic heterocycles. The van der Waals surface area contributed by atoms with E-state index in [1.807, 2.05) is 0 Å². The van der Waals surface area contributed by atoms with Crippen molar-refractivity contribution in [3.05, 3.63) is 11.3 Å². The van der Waals surface area contributed by atoms with E-state index in [-0.39, 0.29) is 0 Å². The van der Waals surface area contributed by atoms with Gasteiger partial charge in [0.1, 0.15) is 5.82 Å². The van der Waals surface area contributed by atoms with Gasteiger partial charge in [0.05, 0.1) is 5.69 Å². The van der Waals surface area contributed by atoms with Crippen LogP contribution in [0, 0.1) is 0 Å². The SMILES string of the molecule is CN1CCC(Nc2nc(N)nc3c2CNCC3)CC1. The number of likely N-dealkylation sites (tertiary alicyclic amines) is 1. The molecule has 1 aromatic heterocycles. The second-order valence-electron chi connectivity index (χ2n) is 5.50. The van der Waals surface area contributed by atoms with Crippen molar-refractivity contribution in [2.45, 2.75) is 31.8 Å². The van der Waals surface area contributed by atoms with Gasteiger partial charge in [0, 0.05) is 31.1 Å². The highest BCUT2D eigenvalue weighted by atomic mass is 15.1. The molecule has 0 atom stereocenters. The molecule has 6 heteroatoms. The quantitative estimate of drug-likeness (QED) is 0.707. The number of piperidine rings is 1. The zero-order valence-corrected chi connectivity index (χ0v) is 11.4. The number of rotatable bonds is 2. The number of aromatic nitrogens is 2. The van der Waals surface area contributed by atoms with Crippen molar-refractivity contribution in [1.82, 2.24) is 20.2 Å². The van der Waals surface area contributed by atoms with Gasteiger partial charge in [-0.2, -0.15) is 4.98 Å². The number of hydrogen-bond acceptors (Lipinski definition) is 6. The molecule has 0 aromatic carbocycles. The number of nitrogens with one attached hydrogen (secondary N) is 2. The summed E-state index contributed by atoms with van der Waals surface area (Å²) in [6.07, 6.45) is 3.25. The molecule has 1 fully saturated rings. The maximum Gasteiger partial charge on any atom is 0.222 e. The minimum Gasteiger partial charge on any atom is -0.368 e. The van der Waals surface area contributed by atoms with Gasteiger partial charge in [0.15, 0.2) is 0 Å². The zero-order valence-electron chi connectivity index (χ0n) is 11.4. The van der Waals surface area contributed by atoms with Crippen LogP contribution in [0.5, 0.6) is 0 Å². The van der Waals surface area contributed by atoms with Crippen LogP contribution in [-0.2, 0) is 13.0 Å². The molecule has 19 heavy (non-hydrogen) atoms. The van der Waals surface area contributed by atoms with Crippen LogP contribution in [0.25, 0.3) is 0 Å². The lowest BCUT2D eigenvalue weighted by atomic mass is 10.0. The summed E-state index contributed by atoms with van der Waals surface area (Å²) >= 11 is 0. The van der Waals surface area contributed by atoms with E-state index in [9.17, 15) is 0 Å². The lowest BCUT2D eigenvalue weighted by Gasteiger charge is -2.31. The normalized spacial score (nSPS) is 21.1. The predicted octanol–water partition coefficient (Wildman–Crippen LogP) is 0.211. The Labute approximate surface area is 113 Å². The van der Waals surface area contributed by atoms with Crippen LogP contribution in [0.1, 0.15) is 24.1 Å². The Kier molecular flexibility index (Phi) is 3.52. The Hall–Kier alpha value is -1.40. The standard InChI is InChI=1S/C13H22N6/c1-19-6-3-9(4-7-19)16-12-10-8-15-5-2-11(10)17-13(14)18-12/h9,15H,2-8H2,1H3,(H3,14,16,17,18). The van der Waals surface area contributed by atoms with Gasteiger partial charge < -0.3 is 21.3 Å². The van der Waals surface area contributed by atoms with Gasteiger partial charge in [0.2, 0.25) is 5.95 Å². The van der Waals surface area contributed by atoms with Gasteiger partial charge in [-0.25, -0.2) is 4.98 Å². The van der Waals surface area contributed by atoms with E-state index in [2.05, 4.69) is 32.5 Å². The van der Waals surface area contributed by atoms with Crippen molar-refractivity contribution < 1.29 is 0 Å². The molecule has 0 spiro atoms. The summed E-state index contributed by atoms with van der Waals surface area (Å²) in [5.74, 6) is 1.32. The third kappa shape index (κ3) is 2.79. The monoisotopic (exact) mass is 262 g/mol. The molecular formula is C13H22N6. The fraction of sp³-hybridized carbons (Fsp3) is 0.692. The highest BCUT2D eigenvalue weighted by Crippen LogP contribution is 2.23. The summed E-state index contributed by atoms with van der Waals surface area (Å²) < 4.78 is 0. The van der Waals surface area contributed by atoms with Crippen LogP contribution in [0.2, 0.25) is 0 Å². The second kappa shape index (κ2) is 5.30. The zero-order chi connectivity index (χ0) is 13.2. The molecule has 104 valence electrons. The summed E-state index contributed by atoms with van der Waals surface area (Å²) in [4.78, 5) is 11.1. The van der Waals surface area contributed by atoms with Crippen molar-refractivity contribution in [2.24, 2.45) is 0 Å². The lowest BCUT2D eigenvalue weighted by Crippen LogP contribution is -2.37. The predicted molar refractivity (Wildman–Crippen MR) is 76.0 cm³/mol. The Bertz CT molecular complexity index is 453. The van der Waals surface area contributed by atoms with E-state index in [0.29, 0.717) is 12.0 Å². The van der Waals surface area contributed by atoms with Gasteiger partial charge in [-0.15, -0.1) is 0 Å². The van der Waals surface area contributed by atoms with E-state index in [1.54, 1.807) is 0 Å². The number of fused-ring (bicyclic) bond motifs is 1. The molecule has 0 radical (unpaired) electrons. The van der Waals surface area contributed by atoms with Crippen molar-refractivity contribution in [2.75, 3.05) is 37.7 Å². The highest BCUT2D eigenvalue weighted by Gasteiger charge is 2.21. The first kappa shape index (κ1) is 12.6. The molecule has 0 aliphatic carbocycles. The van der Waals surface area contributed by atoms with E-state index in [4.69, 9.17) is 5.73 Å². The number of nitrogens with zero attached hydrogens (tertiary/aromatic N) is 3. The molecule has 4 N–H and O–H groups in total. The fourth-order valence-electron chi connectivity index (χ4n) is 2.83. The third-order valence-electron chi connectivity index (χ3n) is 4.01. The first-order valence-electron chi connectivity index (χ1n) is 7.03. The molecule has 2 aliphatic rings. The van der Waals surface area contributed by atoms with Crippen molar-refractivity contribution >= 4 is 11.8 Å². The number of nitrogens with two attached hydrogens (primary N) is 1. The van der Waals surface area contributed by atoms with Crippen LogP contribution in [0.3, 0.4) is 0 Å². The highest BCUT2D eigenvalue weighted by molar-refractivity contribution is 5.51. The molecule has 1 aromatic rings. The fourth-order valence-corrected chi connectivity index (χ4v) is 2.83. The van der Waals surface area contributed by atoms with E-state index < -0.39 is 0 Å². The minimum absolute atomic E-state index is 0.385. The van der Waals surface area contributed by atoms with Gasteiger partial charge in [-0.3, -0.25) is 0 Å². The Morgan fingerprint density at radius 1 is 1.32 bits per heavy atom. The average molecular weight is 262 g/mol. The molecule has 0 bridgehead atoms. The van der Waals surface area contributed by atoms with Crippen LogP contribution in [0.15, 0.2) is 0 Å². The van der Waals surface area contributed by atoms with Crippen LogP contribution < -0.4 is 16.4 Å². The van der Waals surface area contributed by atoms with E-state index in [1.165, 1.54) is 5.56 Å². The molecule has 0 unspecified atom stereocenters. The van der Waals surface area contributed by atoms with Gasteiger partial charge in [-0.05, 0) is 33.0 Å². The van der Waals surface area contributed by atoms with Crippen molar-refractivity contribution in [3.63, 3.8) is 0 Å². The molecule has 1 saturated heterocycles. The van der Waals surface area contributed by atoms with E-state index >= 15 is 0 Å². The van der Waals surface area contributed by atoms with Gasteiger partial charge in [-0.1, -0.05) is 0 Å². The third-order valence-corrected chi connectivity index (χ3v) is 4.01. The minimum atomic E-state index is 0.385. The summed E-state index contributed by atoms with van der Waals surface area (Å²) in [6.45, 7) is 4.08. The molecular weight excluding hydrogens is 240 g/mol. The molecule has 0 saturated carbocycles. The average Bonchev–Trinajstić information content (AvgIpc) is 2.41. The van der Waals surface area contributed by atoms with Crippen LogP contribution in [0.4, 0.5) is 11.8 Å². The first-order valence-corrected chi connectivity index (χ1v) is 7.03. The number of nitrogen functional groups attached to an aromatic ring is 1. The van der Waals surface area contributed by atoms with Crippen LogP contribution >= 0.6 is 0 Å². The van der Waals surface area contributed by atoms with Crippen molar-refractivity contribution in [3.8, 4) is 0 Å². The first-order chi connectivity index (χ1) is 9.22. The maximum atomic E-state index is 5.82. The Balaban J connectivity index is 1.78. The summed E-state index contributed by atoms with van der Waals surface area (Å²) in [5, 5.41) is 6.95. The molecule has 3 rings (SSSR count). The summed E-state index contributed by atoms with van der Waals surface area (Å²) in [6, 6.07) is 0.497. The van der Waals surface area contributed by atoms with Crippen molar-refractivity contribution in [1.29, 1.82) is 0 Å². The largest absolute Gasteiger partial charge is 0.368 e. The van der Waals surface area contributed by atoms with Crippen LogP contribution in [-0.4, -0.2) is 47.6 Å². The summed E-state index contributed by atoms with van der Waals surface area (Å²) in [5.41, 5.74) is 8.11. The molecule has 3 heterocycles. The number of hydrogen-bond donors (Lipinski definition) is 3. The Morgan fingerprint density at radius 2 is 2.11 bits per heavy atom. The lowest BCUT2D eigenvalue weighted by molar-refractivity contribution is 0.263. The molecule has 6 nitrogen and oxygen atoms in total. The van der Waals surface area contributed by atoms with Gasteiger partial charge in [0.25, 0.3) is 0 Å². The van der Waals surface area contributed by atoms with Gasteiger partial charge >= 0.3 is 0 Å². The smallest absolute Gasteiger partial charge is 0.222 e. The topological polar surface area (TPSA) is 79.1 Å². The summed E-state index contributed by atoms with van der Waals surface area (Å²) in [7, 11) is 2.17. The number of anilines is 2.